The minimum atomic E-state index is -3.50. The molecule has 21 heavy (non-hydrogen) atoms. The van der Waals surface area contributed by atoms with Crippen LogP contribution in [0.4, 0.5) is 11.6 Å². The molecule has 8 heteroatoms. The lowest BCUT2D eigenvalue weighted by Gasteiger charge is -2.07. The number of aromatic nitrogens is 2. The third-order valence-electron chi connectivity index (χ3n) is 2.74. The van der Waals surface area contributed by atoms with E-state index in [0.717, 1.165) is 6.26 Å². The van der Waals surface area contributed by atoms with Gasteiger partial charge < -0.3 is 11.1 Å². The van der Waals surface area contributed by atoms with Crippen LogP contribution in [-0.4, -0.2) is 30.5 Å². The summed E-state index contributed by atoms with van der Waals surface area (Å²) in [6.07, 6.45) is 1.11. The van der Waals surface area contributed by atoms with E-state index in [2.05, 4.69) is 10.4 Å². The normalized spacial score (nSPS) is 11.9. The van der Waals surface area contributed by atoms with Crippen molar-refractivity contribution in [2.24, 2.45) is 0 Å². The highest BCUT2D eigenvalue weighted by Gasteiger charge is 2.25. The summed E-state index contributed by atoms with van der Waals surface area (Å²) in [6.45, 7) is 3.78. The summed E-state index contributed by atoms with van der Waals surface area (Å²) in [6, 6.07) is 6.84. The molecule has 1 aromatic carbocycles. The number of anilines is 2. The van der Waals surface area contributed by atoms with Crippen LogP contribution in [0.25, 0.3) is 5.69 Å². The molecule has 1 heterocycles. The van der Waals surface area contributed by atoms with E-state index in [9.17, 15) is 8.42 Å². The predicted octanol–water partition coefficient (Wildman–Crippen LogP) is 2.33. The highest BCUT2D eigenvalue weighted by Crippen LogP contribution is 2.30. The number of sulfone groups is 1. The molecule has 0 aliphatic heterocycles. The van der Waals surface area contributed by atoms with E-state index in [1.165, 1.54) is 4.68 Å². The molecule has 0 spiro atoms. The number of hydrogen-bond acceptors (Lipinski definition) is 5. The van der Waals surface area contributed by atoms with Crippen LogP contribution in [0.2, 0.25) is 5.02 Å². The summed E-state index contributed by atoms with van der Waals surface area (Å²) in [4.78, 5) is 0.00569. The van der Waals surface area contributed by atoms with E-state index in [1.807, 2.05) is 13.8 Å². The van der Waals surface area contributed by atoms with E-state index < -0.39 is 9.84 Å². The van der Waals surface area contributed by atoms with Crippen LogP contribution >= 0.6 is 11.6 Å². The lowest BCUT2D eigenvalue weighted by atomic mass is 10.3. The van der Waals surface area contributed by atoms with Gasteiger partial charge in [-0.25, -0.2) is 13.1 Å². The first-order valence-corrected chi connectivity index (χ1v) is 8.58. The van der Waals surface area contributed by atoms with Crippen LogP contribution < -0.4 is 11.1 Å². The first kappa shape index (κ1) is 15.7. The third kappa shape index (κ3) is 3.30. The Kier molecular flexibility index (Phi) is 4.15. The van der Waals surface area contributed by atoms with Gasteiger partial charge in [0.1, 0.15) is 5.82 Å². The third-order valence-corrected chi connectivity index (χ3v) is 4.14. The molecule has 0 saturated heterocycles. The molecular formula is C13H17ClN4O2S. The lowest BCUT2D eigenvalue weighted by molar-refractivity contribution is 0.602. The van der Waals surface area contributed by atoms with Gasteiger partial charge in [0, 0.05) is 17.3 Å². The fourth-order valence-electron chi connectivity index (χ4n) is 1.93. The Bertz CT molecular complexity index is 751. The molecule has 3 N–H and O–H groups in total. The molecule has 0 aliphatic carbocycles. The van der Waals surface area contributed by atoms with Gasteiger partial charge in [-0.1, -0.05) is 11.6 Å². The van der Waals surface area contributed by atoms with Crippen molar-refractivity contribution in [1.29, 1.82) is 0 Å². The number of nitrogen functional groups attached to an aromatic ring is 1. The molecular weight excluding hydrogens is 312 g/mol. The highest BCUT2D eigenvalue weighted by molar-refractivity contribution is 7.91. The molecule has 0 atom stereocenters. The van der Waals surface area contributed by atoms with Crippen LogP contribution in [0, 0.1) is 0 Å². The molecule has 2 aromatic rings. The number of rotatable bonds is 4. The fourth-order valence-corrected chi connectivity index (χ4v) is 2.97. The zero-order valence-electron chi connectivity index (χ0n) is 12.0. The van der Waals surface area contributed by atoms with Gasteiger partial charge in [0.05, 0.1) is 5.69 Å². The van der Waals surface area contributed by atoms with Crippen LogP contribution in [0.1, 0.15) is 13.8 Å². The molecule has 0 radical (unpaired) electrons. The second-order valence-electron chi connectivity index (χ2n) is 5.02. The molecule has 0 bridgehead atoms. The van der Waals surface area contributed by atoms with Gasteiger partial charge in [-0.3, -0.25) is 0 Å². The number of nitrogens with one attached hydrogen (secondary N) is 1. The Balaban J connectivity index is 2.64. The van der Waals surface area contributed by atoms with E-state index in [1.54, 1.807) is 24.3 Å². The Morgan fingerprint density at radius 3 is 2.33 bits per heavy atom. The minimum absolute atomic E-state index is 0.00569. The monoisotopic (exact) mass is 328 g/mol. The Morgan fingerprint density at radius 2 is 1.86 bits per heavy atom. The number of hydrogen-bond donors (Lipinski definition) is 2. The van der Waals surface area contributed by atoms with Crippen molar-refractivity contribution in [1.82, 2.24) is 9.78 Å². The first-order chi connectivity index (χ1) is 9.70. The number of nitrogens with zero attached hydrogens (tertiary/aromatic N) is 2. The molecule has 0 aliphatic rings. The summed E-state index contributed by atoms with van der Waals surface area (Å²) < 4.78 is 25.3. The molecule has 0 fully saturated rings. The Morgan fingerprint density at radius 1 is 1.29 bits per heavy atom. The first-order valence-electron chi connectivity index (χ1n) is 6.31. The number of nitrogens with two attached hydrogens (primary N) is 1. The van der Waals surface area contributed by atoms with Crippen LogP contribution in [-0.2, 0) is 9.84 Å². The average Bonchev–Trinajstić information content (AvgIpc) is 2.66. The molecule has 2 rings (SSSR count). The van der Waals surface area contributed by atoms with Crippen LogP contribution in [0.3, 0.4) is 0 Å². The van der Waals surface area contributed by atoms with Crippen molar-refractivity contribution in [2.75, 3.05) is 17.3 Å². The van der Waals surface area contributed by atoms with Crippen LogP contribution in [0.5, 0.6) is 0 Å². The molecule has 0 unspecified atom stereocenters. The summed E-state index contributed by atoms with van der Waals surface area (Å²) in [5.41, 5.74) is 6.62. The van der Waals surface area contributed by atoms with Gasteiger partial charge in [0.25, 0.3) is 0 Å². The van der Waals surface area contributed by atoms with Gasteiger partial charge in [-0.15, -0.1) is 5.10 Å². The van der Waals surface area contributed by atoms with Crippen LogP contribution in [0.15, 0.2) is 29.2 Å². The zero-order valence-corrected chi connectivity index (χ0v) is 13.5. The van der Waals surface area contributed by atoms with Gasteiger partial charge in [-0.2, -0.15) is 0 Å². The second kappa shape index (κ2) is 5.57. The fraction of sp³-hybridized carbons (Fsp3) is 0.308. The van der Waals surface area contributed by atoms with E-state index in [4.69, 9.17) is 17.3 Å². The van der Waals surface area contributed by atoms with Crippen molar-refractivity contribution < 1.29 is 8.42 Å². The van der Waals surface area contributed by atoms with Crippen molar-refractivity contribution >= 4 is 33.1 Å². The quantitative estimate of drug-likeness (QED) is 0.899. The molecule has 114 valence electrons. The van der Waals surface area contributed by atoms with Crippen molar-refractivity contribution in [3.8, 4) is 5.69 Å². The summed E-state index contributed by atoms with van der Waals surface area (Å²) in [5.74, 6) is 0.322. The largest absolute Gasteiger partial charge is 0.382 e. The second-order valence-corrected chi connectivity index (χ2v) is 7.41. The molecule has 0 amide bonds. The van der Waals surface area contributed by atoms with E-state index in [-0.39, 0.29) is 22.6 Å². The number of halogens is 1. The van der Waals surface area contributed by atoms with Crippen molar-refractivity contribution in [3.05, 3.63) is 29.3 Å². The van der Waals surface area contributed by atoms with Gasteiger partial charge in [0.2, 0.25) is 0 Å². The maximum Gasteiger partial charge on any atom is 0.182 e. The maximum atomic E-state index is 12.0. The van der Waals surface area contributed by atoms with Crippen molar-refractivity contribution in [3.63, 3.8) is 0 Å². The summed E-state index contributed by atoms with van der Waals surface area (Å²) in [7, 11) is -3.50. The summed E-state index contributed by atoms with van der Waals surface area (Å²) in [5, 5.41) is 7.86. The zero-order chi connectivity index (χ0) is 15.8. The number of benzene rings is 1. The molecule has 6 nitrogen and oxygen atoms in total. The summed E-state index contributed by atoms with van der Waals surface area (Å²) >= 11 is 5.85. The standard InChI is InChI=1S/C13H17ClN4O2S/c1-8(2)16-13-11(21(3,19)20)12(15)18(17-13)10-6-4-9(14)5-7-10/h4-8H,15H2,1-3H3,(H,16,17). The molecule has 1 aromatic heterocycles. The predicted molar refractivity (Wildman–Crippen MR) is 84.9 cm³/mol. The van der Waals surface area contributed by atoms with E-state index >= 15 is 0 Å². The van der Waals surface area contributed by atoms with E-state index in [0.29, 0.717) is 10.7 Å². The molecule has 0 saturated carbocycles. The lowest BCUT2D eigenvalue weighted by Crippen LogP contribution is -2.13. The van der Waals surface area contributed by atoms with Gasteiger partial charge >= 0.3 is 0 Å². The minimum Gasteiger partial charge on any atom is -0.382 e. The SMILES string of the molecule is CC(C)Nc1nn(-c2ccc(Cl)cc2)c(N)c1S(C)(=O)=O. The Hall–Kier alpha value is -1.73. The van der Waals surface area contributed by atoms with Gasteiger partial charge in [0.15, 0.2) is 20.6 Å². The average molecular weight is 329 g/mol. The Labute approximate surface area is 128 Å². The smallest absolute Gasteiger partial charge is 0.182 e. The van der Waals surface area contributed by atoms with Crippen molar-refractivity contribution in [2.45, 2.75) is 24.8 Å². The van der Waals surface area contributed by atoms with Gasteiger partial charge in [-0.05, 0) is 38.1 Å². The maximum absolute atomic E-state index is 12.0. The topological polar surface area (TPSA) is 90.0 Å². The highest BCUT2D eigenvalue weighted by atomic mass is 35.5.